The molecule has 1 aromatic carbocycles. The first-order valence-electron chi connectivity index (χ1n) is 5.00. The monoisotopic (exact) mass is 259 g/mol. The number of nitrogens with one attached hydrogen (secondary N) is 1. The number of rotatable bonds is 4. The summed E-state index contributed by atoms with van der Waals surface area (Å²) in [6, 6.07) is 3.47. The van der Waals surface area contributed by atoms with Gasteiger partial charge in [-0.05, 0) is 6.07 Å². The minimum absolute atomic E-state index is 0.179. The molecule has 6 heteroatoms. The smallest absolute Gasteiger partial charge is 0.236 e. The third-order valence-electron chi connectivity index (χ3n) is 2.54. The third kappa shape index (κ3) is 2.28. The summed E-state index contributed by atoms with van der Waals surface area (Å²) in [6.45, 7) is 0. The first-order valence-corrected chi connectivity index (χ1v) is 6.05. The highest BCUT2D eigenvalue weighted by atomic mass is 32.2. The molecule has 0 bridgehead atoms. The van der Waals surface area contributed by atoms with E-state index in [1.54, 1.807) is 0 Å². The standard InChI is InChI=1S/C11H11F2NO2S/c1-16-5-17-10-9(14-11(10)15)6-3-2-4-7(12)8(6)13/h2-4,9-10H,5H2,1H3,(H,14,15). The number of hydrogen-bond acceptors (Lipinski definition) is 3. The van der Waals surface area contributed by atoms with E-state index < -0.39 is 22.9 Å². The van der Waals surface area contributed by atoms with Gasteiger partial charge in [0.25, 0.3) is 0 Å². The van der Waals surface area contributed by atoms with Crippen molar-refractivity contribution in [2.24, 2.45) is 0 Å². The van der Waals surface area contributed by atoms with Crippen molar-refractivity contribution in [2.75, 3.05) is 13.0 Å². The second kappa shape index (κ2) is 5.01. The topological polar surface area (TPSA) is 38.3 Å². The zero-order valence-electron chi connectivity index (χ0n) is 9.07. The van der Waals surface area contributed by atoms with Crippen LogP contribution in [0.1, 0.15) is 11.6 Å². The van der Waals surface area contributed by atoms with Crippen LogP contribution in [-0.4, -0.2) is 24.2 Å². The quantitative estimate of drug-likeness (QED) is 0.662. The fourth-order valence-corrected chi connectivity index (χ4v) is 2.59. The molecule has 2 atom stereocenters. The Labute approximate surface area is 102 Å². The van der Waals surface area contributed by atoms with Gasteiger partial charge in [-0.25, -0.2) is 8.78 Å². The van der Waals surface area contributed by atoms with Crippen LogP contribution < -0.4 is 5.32 Å². The van der Waals surface area contributed by atoms with E-state index in [1.165, 1.54) is 31.0 Å². The molecule has 1 aromatic rings. The molecule has 1 aliphatic rings. The minimum Gasteiger partial charge on any atom is -0.374 e. The van der Waals surface area contributed by atoms with E-state index in [9.17, 15) is 13.6 Å². The van der Waals surface area contributed by atoms with E-state index in [2.05, 4.69) is 5.32 Å². The van der Waals surface area contributed by atoms with Crippen LogP contribution >= 0.6 is 11.8 Å². The van der Waals surface area contributed by atoms with Crippen molar-refractivity contribution in [3.05, 3.63) is 35.4 Å². The Hall–Kier alpha value is -1.14. The summed E-state index contributed by atoms with van der Waals surface area (Å²) in [6.07, 6.45) is 0. The van der Waals surface area contributed by atoms with Gasteiger partial charge in [0.2, 0.25) is 5.91 Å². The highest BCUT2D eigenvalue weighted by Gasteiger charge is 2.42. The number of methoxy groups -OCH3 is 1. The summed E-state index contributed by atoms with van der Waals surface area (Å²) < 4.78 is 31.4. The maximum Gasteiger partial charge on any atom is 0.236 e. The number of hydrogen-bond donors (Lipinski definition) is 1. The maximum atomic E-state index is 13.5. The van der Waals surface area contributed by atoms with Crippen LogP contribution in [0.2, 0.25) is 0 Å². The number of carbonyl (C=O) groups excluding carboxylic acids is 1. The summed E-state index contributed by atoms with van der Waals surface area (Å²) >= 11 is 1.27. The molecule has 17 heavy (non-hydrogen) atoms. The number of carbonyl (C=O) groups is 1. The van der Waals surface area contributed by atoms with Crippen molar-refractivity contribution in [1.82, 2.24) is 5.32 Å². The first-order chi connectivity index (χ1) is 8.15. The van der Waals surface area contributed by atoms with Gasteiger partial charge in [-0.15, -0.1) is 11.8 Å². The largest absolute Gasteiger partial charge is 0.374 e. The van der Waals surface area contributed by atoms with Crippen LogP contribution in [-0.2, 0) is 9.53 Å². The van der Waals surface area contributed by atoms with Crippen molar-refractivity contribution in [3.63, 3.8) is 0 Å². The number of halogens is 2. The van der Waals surface area contributed by atoms with Crippen LogP contribution in [0, 0.1) is 11.6 Å². The molecule has 1 N–H and O–H groups in total. The van der Waals surface area contributed by atoms with Gasteiger partial charge < -0.3 is 10.1 Å². The minimum atomic E-state index is -0.904. The average Bonchev–Trinajstić information content (AvgIpc) is 2.31. The van der Waals surface area contributed by atoms with Gasteiger partial charge in [0.05, 0.1) is 12.0 Å². The molecule has 1 heterocycles. The van der Waals surface area contributed by atoms with Crippen LogP contribution in [0.3, 0.4) is 0 Å². The number of thioether (sulfide) groups is 1. The highest BCUT2D eigenvalue weighted by Crippen LogP contribution is 2.35. The first kappa shape index (κ1) is 12.3. The molecule has 0 spiro atoms. The average molecular weight is 259 g/mol. The van der Waals surface area contributed by atoms with Crippen molar-refractivity contribution in [3.8, 4) is 0 Å². The number of amides is 1. The molecule has 1 amide bonds. The van der Waals surface area contributed by atoms with Gasteiger partial charge in [0.15, 0.2) is 11.6 Å². The lowest BCUT2D eigenvalue weighted by molar-refractivity contribution is -0.127. The van der Waals surface area contributed by atoms with Gasteiger partial charge in [-0.1, -0.05) is 12.1 Å². The molecule has 3 nitrogen and oxygen atoms in total. The van der Waals surface area contributed by atoms with Crippen molar-refractivity contribution < 1.29 is 18.3 Å². The van der Waals surface area contributed by atoms with Gasteiger partial charge in [0.1, 0.15) is 5.25 Å². The fraction of sp³-hybridized carbons (Fsp3) is 0.364. The molecular weight excluding hydrogens is 248 g/mol. The molecule has 0 aliphatic carbocycles. The van der Waals surface area contributed by atoms with E-state index in [0.29, 0.717) is 5.94 Å². The summed E-state index contributed by atoms with van der Waals surface area (Å²) in [5.41, 5.74) is 0.179. The Morgan fingerprint density at radius 2 is 2.24 bits per heavy atom. The number of ether oxygens (including phenoxy) is 1. The Kier molecular flexibility index (Phi) is 3.63. The van der Waals surface area contributed by atoms with Gasteiger partial charge in [-0.2, -0.15) is 0 Å². The summed E-state index contributed by atoms with van der Waals surface area (Å²) in [5.74, 6) is -1.65. The molecule has 0 saturated carbocycles. The molecule has 2 rings (SSSR count). The lowest BCUT2D eigenvalue weighted by Gasteiger charge is -2.36. The van der Waals surface area contributed by atoms with Crippen molar-refractivity contribution in [2.45, 2.75) is 11.3 Å². The number of β-lactam (4-membered cyclic amide) rings is 1. The van der Waals surface area contributed by atoms with E-state index >= 15 is 0 Å². The molecular formula is C11H11F2NO2S. The molecule has 1 saturated heterocycles. The zero-order valence-corrected chi connectivity index (χ0v) is 9.89. The predicted octanol–water partition coefficient (Wildman–Crippen LogP) is 1.84. The van der Waals surface area contributed by atoms with Crippen LogP contribution in [0.4, 0.5) is 8.78 Å². The Balaban J connectivity index is 2.17. The molecule has 1 aliphatic heterocycles. The second-order valence-electron chi connectivity index (χ2n) is 3.62. The lowest BCUT2D eigenvalue weighted by atomic mass is 9.96. The van der Waals surface area contributed by atoms with Gasteiger partial charge in [-0.3, -0.25) is 4.79 Å². The highest BCUT2D eigenvalue weighted by molar-refractivity contribution is 8.00. The SMILES string of the molecule is COCSC1C(=O)NC1c1cccc(F)c1F. The van der Waals surface area contributed by atoms with Gasteiger partial charge >= 0.3 is 0 Å². The lowest BCUT2D eigenvalue weighted by Crippen LogP contribution is -2.54. The van der Waals surface area contributed by atoms with E-state index in [0.717, 1.165) is 6.07 Å². The molecule has 2 unspecified atom stereocenters. The normalized spacial score (nSPS) is 23.1. The maximum absolute atomic E-state index is 13.5. The van der Waals surface area contributed by atoms with Gasteiger partial charge in [0, 0.05) is 12.7 Å². The summed E-state index contributed by atoms with van der Waals surface area (Å²) in [5, 5.41) is 2.14. The molecule has 92 valence electrons. The fourth-order valence-electron chi connectivity index (χ4n) is 1.68. The molecule has 0 radical (unpaired) electrons. The third-order valence-corrected chi connectivity index (χ3v) is 3.76. The van der Waals surface area contributed by atoms with Crippen molar-refractivity contribution >= 4 is 17.7 Å². The van der Waals surface area contributed by atoms with Crippen LogP contribution in [0.25, 0.3) is 0 Å². The number of benzene rings is 1. The van der Waals surface area contributed by atoms with Crippen molar-refractivity contribution in [1.29, 1.82) is 0 Å². The summed E-state index contributed by atoms with van der Waals surface area (Å²) in [7, 11) is 1.52. The van der Waals surface area contributed by atoms with E-state index in [4.69, 9.17) is 4.74 Å². The van der Waals surface area contributed by atoms with E-state index in [-0.39, 0.29) is 11.5 Å². The second-order valence-corrected chi connectivity index (χ2v) is 4.70. The molecule has 0 aromatic heterocycles. The Morgan fingerprint density at radius 3 is 2.88 bits per heavy atom. The van der Waals surface area contributed by atoms with E-state index in [1.807, 2.05) is 0 Å². The van der Waals surface area contributed by atoms with Crippen LogP contribution in [0.5, 0.6) is 0 Å². The Morgan fingerprint density at radius 1 is 1.47 bits per heavy atom. The summed E-state index contributed by atoms with van der Waals surface area (Å²) in [4.78, 5) is 11.3. The Bertz CT molecular complexity index is 441. The zero-order chi connectivity index (χ0) is 12.4. The van der Waals surface area contributed by atoms with Crippen LogP contribution in [0.15, 0.2) is 18.2 Å². The predicted molar refractivity (Wildman–Crippen MR) is 60.5 cm³/mol. The molecule has 1 fully saturated rings.